The number of rotatable bonds is 2. The molecule has 0 heterocycles. The van der Waals surface area contributed by atoms with Gasteiger partial charge in [-0.2, -0.15) is 0 Å². The van der Waals surface area contributed by atoms with Crippen molar-refractivity contribution in [2.24, 2.45) is 11.1 Å². The molecule has 98 valence electrons. The van der Waals surface area contributed by atoms with Crippen molar-refractivity contribution in [1.82, 2.24) is 0 Å². The van der Waals surface area contributed by atoms with Gasteiger partial charge in [0.2, 0.25) is 0 Å². The monoisotopic (exact) mass is 247 g/mol. The first-order valence-corrected chi connectivity index (χ1v) is 6.56. The molecule has 0 fully saturated rings. The van der Waals surface area contributed by atoms with Gasteiger partial charge in [-0.25, -0.2) is 4.39 Å². The summed E-state index contributed by atoms with van der Waals surface area (Å²) in [6.45, 7) is 6.49. The quantitative estimate of drug-likeness (QED) is 0.791. The molecule has 0 radical (unpaired) electrons. The zero-order chi connectivity index (χ0) is 13.3. The minimum atomic E-state index is -0.161. The number of allylic oxidation sites excluding steroid dienone is 1. The average molecular weight is 247 g/mol. The van der Waals surface area contributed by atoms with Gasteiger partial charge in [0, 0.05) is 6.04 Å². The van der Waals surface area contributed by atoms with Gasteiger partial charge in [-0.15, -0.1) is 0 Å². The van der Waals surface area contributed by atoms with Crippen LogP contribution in [0, 0.1) is 18.2 Å². The maximum atomic E-state index is 13.1. The fourth-order valence-corrected chi connectivity index (χ4v) is 2.97. The number of halogens is 1. The van der Waals surface area contributed by atoms with E-state index < -0.39 is 0 Å². The standard InChI is InChI=1S/C16H22FN/c1-11-6-14(17)5-4-13(11)7-12-8-15(18)10-16(2,3)9-12/h4-6,8,15H,7,9-10,18H2,1-3H3. The number of nitrogens with two attached hydrogens (primary N) is 1. The lowest BCUT2D eigenvalue weighted by atomic mass is 9.74. The van der Waals surface area contributed by atoms with Crippen LogP contribution in [0.15, 0.2) is 29.8 Å². The largest absolute Gasteiger partial charge is 0.324 e. The van der Waals surface area contributed by atoms with Crippen molar-refractivity contribution in [3.8, 4) is 0 Å². The van der Waals surface area contributed by atoms with Crippen molar-refractivity contribution in [2.45, 2.75) is 46.1 Å². The van der Waals surface area contributed by atoms with Crippen molar-refractivity contribution in [1.29, 1.82) is 0 Å². The molecular formula is C16H22FN. The molecule has 1 nitrogen and oxygen atoms in total. The second-order valence-electron chi connectivity index (χ2n) is 6.28. The highest BCUT2D eigenvalue weighted by atomic mass is 19.1. The van der Waals surface area contributed by atoms with Crippen LogP contribution in [-0.4, -0.2) is 6.04 Å². The normalized spacial score (nSPS) is 22.7. The van der Waals surface area contributed by atoms with Crippen molar-refractivity contribution >= 4 is 0 Å². The molecule has 0 saturated carbocycles. The van der Waals surface area contributed by atoms with Gasteiger partial charge in [-0.3, -0.25) is 0 Å². The highest BCUT2D eigenvalue weighted by Crippen LogP contribution is 2.36. The molecule has 2 N–H and O–H groups in total. The smallest absolute Gasteiger partial charge is 0.123 e. The third-order valence-corrected chi connectivity index (χ3v) is 3.67. The zero-order valence-electron chi connectivity index (χ0n) is 11.5. The van der Waals surface area contributed by atoms with Gasteiger partial charge in [0.1, 0.15) is 5.82 Å². The minimum Gasteiger partial charge on any atom is -0.324 e. The molecule has 0 aromatic heterocycles. The summed E-state index contributed by atoms with van der Waals surface area (Å²) in [6, 6.07) is 5.18. The van der Waals surface area contributed by atoms with Crippen LogP contribution in [0.4, 0.5) is 4.39 Å². The Morgan fingerprint density at radius 3 is 2.72 bits per heavy atom. The summed E-state index contributed by atoms with van der Waals surface area (Å²) in [5.41, 5.74) is 9.96. The predicted molar refractivity (Wildman–Crippen MR) is 73.9 cm³/mol. The van der Waals surface area contributed by atoms with Crippen LogP contribution in [0.1, 0.15) is 37.8 Å². The maximum absolute atomic E-state index is 13.1. The lowest BCUT2D eigenvalue weighted by Crippen LogP contribution is -2.31. The topological polar surface area (TPSA) is 26.0 Å². The first kappa shape index (κ1) is 13.3. The predicted octanol–water partition coefficient (Wildman–Crippen LogP) is 3.75. The van der Waals surface area contributed by atoms with E-state index in [-0.39, 0.29) is 17.3 Å². The molecule has 0 aliphatic heterocycles. The second kappa shape index (κ2) is 4.85. The molecule has 0 amide bonds. The Bertz CT molecular complexity index is 474. The summed E-state index contributed by atoms with van der Waals surface area (Å²) in [7, 11) is 0. The van der Waals surface area contributed by atoms with E-state index in [2.05, 4.69) is 19.9 Å². The van der Waals surface area contributed by atoms with Crippen molar-refractivity contribution in [3.05, 3.63) is 46.8 Å². The molecule has 1 unspecified atom stereocenters. The Morgan fingerprint density at radius 1 is 1.39 bits per heavy atom. The Hall–Kier alpha value is -1.15. The van der Waals surface area contributed by atoms with E-state index in [4.69, 9.17) is 5.73 Å². The summed E-state index contributed by atoms with van der Waals surface area (Å²) in [6.07, 6.45) is 5.20. The van der Waals surface area contributed by atoms with Crippen LogP contribution in [0.5, 0.6) is 0 Å². The van der Waals surface area contributed by atoms with E-state index >= 15 is 0 Å². The fraction of sp³-hybridized carbons (Fsp3) is 0.500. The van der Waals surface area contributed by atoms with Gasteiger partial charge in [-0.1, -0.05) is 31.6 Å². The molecule has 1 aromatic rings. The summed E-state index contributed by atoms with van der Waals surface area (Å²) >= 11 is 0. The van der Waals surface area contributed by atoms with Gasteiger partial charge in [0.15, 0.2) is 0 Å². The van der Waals surface area contributed by atoms with Crippen molar-refractivity contribution in [3.63, 3.8) is 0 Å². The second-order valence-corrected chi connectivity index (χ2v) is 6.28. The molecule has 1 aliphatic carbocycles. The molecule has 1 aliphatic rings. The zero-order valence-corrected chi connectivity index (χ0v) is 11.5. The van der Waals surface area contributed by atoms with Crippen molar-refractivity contribution in [2.75, 3.05) is 0 Å². The van der Waals surface area contributed by atoms with Gasteiger partial charge in [-0.05, 0) is 54.9 Å². The minimum absolute atomic E-state index is 0.157. The van der Waals surface area contributed by atoms with E-state index in [1.54, 1.807) is 6.07 Å². The molecule has 2 heteroatoms. The third kappa shape index (κ3) is 3.20. The molecule has 1 aromatic carbocycles. The number of hydrogen-bond acceptors (Lipinski definition) is 1. The summed E-state index contributed by atoms with van der Waals surface area (Å²) in [4.78, 5) is 0. The Kier molecular flexibility index (Phi) is 3.58. The van der Waals surface area contributed by atoms with Crippen LogP contribution >= 0.6 is 0 Å². The Morgan fingerprint density at radius 2 is 2.11 bits per heavy atom. The number of benzene rings is 1. The number of hydrogen-bond donors (Lipinski definition) is 1. The molecule has 0 bridgehead atoms. The van der Waals surface area contributed by atoms with Crippen molar-refractivity contribution < 1.29 is 4.39 Å². The third-order valence-electron chi connectivity index (χ3n) is 3.67. The highest BCUT2D eigenvalue weighted by molar-refractivity contribution is 5.32. The van der Waals surface area contributed by atoms with E-state index in [0.717, 1.165) is 24.8 Å². The van der Waals surface area contributed by atoms with E-state index in [0.29, 0.717) is 0 Å². The van der Waals surface area contributed by atoms with E-state index in [1.165, 1.54) is 17.2 Å². The fourth-order valence-electron chi connectivity index (χ4n) is 2.97. The molecular weight excluding hydrogens is 225 g/mol. The molecule has 0 spiro atoms. The maximum Gasteiger partial charge on any atom is 0.123 e. The van der Waals surface area contributed by atoms with Gasteiger partial charge in [0.25, 0.3) is 0 Å². The molecule has 1 atom stereocenters. The lowest BCUT2D eigenvalue weighted by molar-refractivity contribution is 0.299. The Labute approximate surface area is 109 Å². The van der Waals surface area contributed by atoms with Crippen LogP contribution in [0.25, 0.3) is 0 Å². The van der Waals surface area contributed by atoms with Crippen LogP contribution in [0.2, 0.25) is 0 Å². The molecule has 2 rings (SSSR count). The van der Waals surface area contributed by atoms with Gasteiger partial charge in [0.05, 0.1) is 0 Å². The average Bonchev–Trinajstić information content (AvgIpc) is 2.19. The van der Waals surface area contributed by atoms with Gasteiger partial charge >= 0.3 is 0 Å². The number of aryl methyl sites for hydroxylation is 1. The summed E-state index contributed by atoms with van der Waals surface area (Å²) in [5.74, 6) is -0.161. The van der Waals surface area contributed by atoms with Gasteiger partial charge < -0.3 is 5.73 Å². The molecule has 18 heavy (non-hydrogen) atoms. The van der Waals surface area contributed by atoms with Crippen LogP contribution < -0.4 is 5.73 Å². The lowest BCUT2D eigenvalue weighted by Gasteiger charge is -2.33. The highest BCUT2D eigenvalue weighted by Gasteiger charge is 2.26. The van der Waals surface area contributed by atoms with E-state index in [9.17, 15) is 4.39 Å². The SMILES string of the molecule is Cc1cc(F)ccc1CC1=CC(N)CC(C)(C)C1. The first-order valence-electron chi connectivity index (χ1n) is 6.56. The van der Waals surface area contributed by atoms with Crippen LogP contribution in [-0.2, 0) is 6.42 Å². The molecule has 0 saturated heterocycles. The van der Waals surface area contributed by atoms with E-state index in [1.807, 2.05) is 13.0 Å². The summed E-state index contributed by atoms with van der Waals surface area (Å²) in [5, 5.41) is 0. The first-order chi connectivity index (χ1) is 8.35. The Balaban J connectivity index is 2.18. The van der Waals surface area contributed by atoms with Crippen LogP contribution in [0.3, 0.4) is 0 Å². The summed E-state index contributed by atoms with van der Waals surface area (Å²) < 4.78 is 13.1.